The van der Waals surface area contributed by atoms with E-state index in [0.29, 0.717) is 74.0 Å². The lowest BCUT2D eigenvalue weighted by Gasteiger charge is -2.35. The van der Waals surface area contributed by atoms with Gasteiger partial charge in [0.1, 0.15) is 0 Å². The number of aromatic nitrogens is 1. The summed E-state index contributed by atoms with van der Waals surface area (Å²) in [5, 5.41) is 2.77. The minimum absolute atomic E-state index is 0.127. The number of aryl methyl sites for hydroxylation is 1. The van der Waals surface area contributed by atoms with Crippen LogP contribution in [0.2, 0.25) is 0 Å². The standard InChI is InChI=1S/C51H38F17N2/c1-44(52,53)47(58,59)48(60,61)45(54,55)26-28-69-37(35-18-6-14-31-16-8-20-39(69)42(31)35)24-22-33-12-5-13-34(41(33)30-10-3-2-4-11-30)23-25-38-36-19-7-15-32-17-9-21-40(43(32)36)70(38)29-27-46(56,57)49(62,63)50(64,65)51(66,67)68/h2-4,6-11,14-25H,5,12-13,26-29H2,1H3/q+1. The van der Waals surface area contributed by atoms with Gasteiger partial charge in [-0.1, -0.05) is 97.1 Å². The molecule has 0 amide bonds. The van der Waals surface area contributed by atoms with Crippen molar-refractivity contribution in [2.24, 2.45) is 0 Å². The van der Waals surface area contributed by atoms with Gasteiger partial charge in [-0.2, -0.15) is 79.2 Å². The topological polar surface area (TPSA) is 7.94 Å². The molecule has 8 rings (SSSR count). The molecule has 0 atom stereocenters. The maximum atomic E-state index is 15.2. The van der Waals surface area contributed by atoms with Crippen molar-refractivity contribution in [1.82, 2.24) is 4.57 Å². The van der Waals surface area contributed by atoms with E-state index in [0.717, 1.165) is 4.58 Å². The van der Waals surface area contributed by atoms with Crippen LogP contribution in [-0.4, -0.2) is 69.0 Å². The highest BCUT2D eigenvalue weighted by Gasteiger charge is 2.82. The molecule has 0 radical (unpaired) electrons. The van der Waals surface area contributed by atoms with Crippen LogP contribution in [0.15, 0.2) is 133 Å². The van der Waals surface area contributed by atoms with E-state index in [1.807, 2.05) is 0 Å². The summed E-state index contributed by atoms with van der Waals surface area (Å²) in [7, 11) is 0. The van der Waals surface area contributed by atoms with Gasteiger partial charge in [0.2, 0.25) is 11.4 Å². The van der Waals surface area contributed by atoms with Crippen molar-refractivity contribution in [3.63, 3.8) is 0 Å². The second-order valence-corrected chi connectivity index (χ2v) is 17.3. The van der Waals surface area contributed by atoms with Crippen LogP contribution in [0.25, 0.3) is 44.1 Å². The smallest absolute Gasteiger partial charge is 0.340 e. The molecule has 0 spiro atoms. The first-order valence-electron chi connectivity index (χ1n) is 21.6. The molecule has 70 heavy (non-hydrogen) atoms. The SMILES string of the molecule is CC(F)(F)C(F)(F)C(F)(F)C(F)(F)CCn1/c(=C/C=C2\CCCC(/C=C/C3=[N+](CCC(F)(F)C(F)(F)C(F)(F)C(F)(F)F)c4cccc5cccc3c45)=C2c2ccccc2)c2cccc3cccc1c32. The lowest BCUT2D eigenvalue weighted by atomic mass is 9.82. The molecule has 2 nitrogen and oxygen atoms in total. The Hall–Kier alpha value is -6.14. The minimum Gasteiger partial charge on any atom is -0.340 e. The first-order chi connectivity index (χ1) is 32.6. The van der Waals surface area contributed by atoms with Crippen molar-refractivity contribution in [2.45, 2.75) is 93.2 Å². The summed E-state index contributed by atoms with van der Waals surface area (Å²) in [5.74, 6) is -43.7. The molecule has 0 N–H and O–H groups in total. The van der Waals surface area contributed by atoms with Crippen molar-refractivity contribution in [3.05, 3.63) is 149 Å². The predicted molar refractivity (Wildman–Crippen MR) is 232 cm³/mol. The maximum absolute atomic E-state index is 15.2. The molecule has 0 bridgehead atoms. The lowest BCUT2D eigenvalue weighted by molar-refractivity contribution is -0.452. The normalized spacial score (nSPS) is 17.0. The zero-order valence-electron chi connectivity index (χ0n) is 36.4. The van der Waals surface area contributed by atoms with Gasteiger partial charge in [0, 0.05) is 53.7 Å². The van der Waals surface area contributed by atoms with E-state index in [9.17, 15) is 57.1 Å². The average Bonchev–Trinajstić information content (AvgIpc) is 3.78. The summed E-state index contributed by atoms with van der Waals surface area (Å²) >= 11 is 0. The Kier molecular flexibility index (Phi) is 12.4. The van der Waals surface area contributed by atoms with E-state index < -0.39 is 80.5 Å². The van der Waals surface area contributed by atoms with E-state index >= 15 is 17.6 Å². The van der Waals surface area contributed by atoms with Crippen LogP contribution in [0.3, 0.4) is 0 Å². The number of hydrogen-bond acceptors (Lipinski definition) is 0. The van der Waals surface area contributed by atoms with Crippen molar-refractivity contribution >= 4 is 55.5 Å². The third kappa shape index (κ3) is 8.13. The van der Waals surface area contributed by atoms with Crippen molar-refractivity contribution in [2.75, 3.05) is 6.54 Å². The Labute approximate surface area is 387 Å². The fourth-order valence-corrected chi connectivity index (χ4v) is 9.24. The second-order valence-electron chi connectivity index (χ2n) is 17.3. The average molecular weight is 1000 g/mol. The molecule has 1 aliphatic carbocycles. The number of halogens is 17. The zero-order chi connectivity index (χ0) is 51.0. The molecule has 0 saturated heterocycles. The Bertz CT molecular complexity index is 3160. The largest absolute Gasteiger partial charge is 0.460 e. The maximum Gasteiger partial charge on any atom is 0.460 e. The molecule has 0 fully saturated rings. The van der Waals surface area contributed by atoms with Gasteiger partial charge < -0.3 is 4.57 Å². The summed E-state index contributed by atoms with van der Waals surface area (Å²) in [6, 6.07) is 27.9. The van der Waals surface area contributed by atoms with Crippen molar-refractivity contribution < 1.29 is 79.2 Å². The highest BCUT2D eigenvalue weighted by atomic mass is 19.4. The van der Waals surface area contributed by atoms with Crippen molar-refractivity contribution in [1.29, 1.82) is 0 Å². The van der Waals surface area contributed by atoms with Crippen LogP contribution in [-0.2, 0) is 6.54 Å². The highest BCUT2D eigenvalue weighted by molar-refractivity contribution is 6.19. The number of hydrogen-bond donors (Lipinski definition) is 0. The fraction of sp³-hybridized carbons (Fsp3) is 0.314. The molecule has 370 valence electrons. The van der Waals surface area contributed by atoms with Gasteiger partial charge in [0.25, 0.3) is 0 Å². The molecule has 2 aliphatic rings. The summed E-state index contributed by atoms with van der Waals surface area (Å²) in [6.07, 6.45) is -3.59. The number of benzene rings is 5. The first kappa shape index (κ1) is 50.3. The van der Waals surface area contributed by atoms with E-state index in [1.54, 1.807) is 97.1 Å². The third-order valence-electron chi connectivity index (χ3n) is 12.9. The van der Waals surface area contributed by atoms with Gasteiger partial charge in [0.15, 0.2) is 6.54 Å². The Morgan fingerprint density at radius 2 is 1.14 bits per heavy atom. The zero-order valence-corrected chi connectivity index (χ0v) is 36.4. The van der Waals surface area contributed by atoms with E-state index in [1.165, 1.54) is 34.9 Å². The Morgan fingerprint density at radius 1 is 0.557 bits per heavy atom. The minimum atomic E-state index is -7.07. The molecular formula is C51H38F17N2+. The van der Waals surface area contributed by atoms with Gasteiger partial charge >= 0.3 is 47.6 Å². The predicted octanol–water partition coefficient (Wildman–Crippen LogP) is 15.5. The summed E-state index contributed by atoms with van der Waals surface area (Å²) in [6.45, 7) is -2.73. The van der Waals surface area contributed by atoms with Crippen LogP contribution in [0.5, 0.6) is 0 Å². The summed E-state index contributed by atoms with van der Waals surface area (Å²) in [4.78, 5) is 0. The quantitative estimate of drug-likeness (QED) is 0.0716. The molecule has 19 heteroatoms. The van der Waals surface area contributed by atoms with Crippen LogP contribution < -0.4 is 5.35 Å². The summed E-state index contributed by atoms with van der Waals surface area (Å²) in [5.41, 5.74) is 3.46. The third-order valence-corrected chi connectivity index (χ3v) is 12.9. The van der Waals surface area contributed by atoms with Crippen LogP contribution in [0.1, 0.15) is 50.2 Å². The fourth-order valence-electron chi connectivity index (χ4n) is 9.24. The molecule has 2 heterocycles. The molecular weight excluding hydrogens is 964 g/mol. The monoisotopic (exact) mass is 1000 g/mol. The van der Waals surface area contributed by atoms with Crippen LogP contribution >= 0.6 is 0 Å². The van der Waals surface area contributed by atoms with E-state index in [2.05, 4.69) is 0 Å². The number of nitrogens with zero attached hydrogens (tertiary/aromatic N) is 2. The molecule has 0 saturated carbocycles. The molecule has 5 aromatic carbocycles. The second kappa shape index (κ2) is 17.3. The van der Waals surface area contributed by atoms with Gasteiger partial charge in [-0.25, -0.2) is 0 Å². The van der Waals surface area contributed by atoms with Gasteiger partial charge in [-0.15, -0.1) is 0 Å². The van der Waals surface area contributed by atoms with E-state index in [4.69, 9.17) is 0 Å². The Morgan fingerprint density at radius 3 is 1.79 bits per heavy atom. The van der Waals surface area contributed by atoms with Gasteiger partial charge in [-0.05, 0) is 70.5 Å². The highest BCUT2D eigenvalue weighted by Crippen LogP contribution is 2.55. The molecule has 1 aliphatic heterocycles. The van der Waals surface area contributed by atoms with E-state index in [-0.39, 0.29) is 22.3 Å². The van der Waals surface area contributed by atoms with Crippen molar-refractivity contribution in [3.8, 4) is 0 Å². The molecule has 6 aromatic rings. The number of alkyl halides is 17. The molecule has 1 aromatic heterocycles. The number of rotatable bonds is 15. The van der Waals surface area contributed by atoms with Gasteiger partial charge in [0.05, 0.1) is 17.4 Å². The van der Waals surface area contributed by atoms with Crippen LogP contribution in [0.4, 0.5) is 80.3 Å². The lowest BCUT2D eigenvalue weighted by Crippen LogP contribution is -2.61. The molecule has 0 unspecified atom stereocenters. The Balaban J connectivity index is 1.24. The summed E-state index contributed by atoms with van der Waals surface area (Å²) < 4.78 is 244. The van der Waals surface area contributed by atoms with Crippen LogP contribution in [0, 0.1) is 0 Å². The first-order valence-corrected chi connectivity index (χ1v) is 21.6. The van der Waals surface area contributed by atoms with Gasteiger partial charge in [-0.3, -0.25) is 0 Å². The number of allylic oxidation sites excluding steroid dienone is 6.